The molecule has 0 aromatic heterocycles. The van der Waals surface area contributed by atoms with Crippen LogP contribution in [-0.4, -0.2) is 19.7 Å². The van der Waals surface area contributed by atoms with E-state index in [1.807, 2.05) is 25.1 Å². The summed E-state index contributed by atoms with van der Waals surface area (Å²) in [6.07, 6.45) is 0. The summed E-state index contributed by atoms with van der Waals surface area (Å²) in [4.78, 5) is 12.5. The molecule has 14 heavy (non-hydrogen) atoms. The van der Waals surface area contributed by atoms with Crippen molar-refractivity contribution < 1.29 is 9.53 Å². The molecule has 1 aromatic rings. The van der Waals surface area contributed by atoms with Gasteiger partial charge in [0.2, 0.25) is 0 Å². The van der Waals surface area contributed by atoms with Gasteiger partial charge in [0.25, 0.3) is 0 Å². The number of amides is 2. The molecule has 0 aliphatic heterocycles. The van der Waals surface area contributed by atoms with Crippen molar-refractivity contribution in [2.45, 2.75) is 6.92 Å². The van der Waals surface area contributed by atoms with Crippen LogP contribution >= 0.6 is 0 Å². The fourth-order valence-electron chi connectivity index (χ4n) is 1.24. The zero-order valence-corrected chi connectivity index (χ0v) is 8.36. The van der Waals surface area contributed by atoms with E-state index >= 15 is 0 Å². The van der Waals surface area contributed by atoms with E-state index in [0.717, 1.165) is 5.69 Å². The normalized spacial score (nSPS) is 9.57. The van der Waals surface area contributed by atoms with E-state index in [-0.39, 0.29) is 0 Å². The SMILES string of the molecule is CCN(C(N)=O)c1cccc(OC)c1. The molecule has 1 rings (SSSR count). The second-order valence-electron chi connectivity index (χ2n) is 2.78. The number of benzene rings is 1. The Balaban J connectivity index is 2.98. The first-order chi connectivity index (χ1) is 6.69. The topological polar surface area (TPSA) is 55.6 Å². The second kappa shape index (κ2) is 4.50. The molecule has 0 fully saturated rings. The van der Waals surface area contributed by atoms with Crippen molar-refractivity contribution in [2.75, 3.05) is 18.6 Å². The Labute approximate surface area is 83.3 Å². The van der Waals surface area contributed by atoms with Crippen LogP contribution in [0, 0.1) is 0 Å². The van der Waals surface area contributed by atoms with E-state index < -0.39 is 6.03 Å². The van der Waals surface area contributed by atoms with Crippen molar-refractivity contribution in [3.8, 4) is 5.75 Å². The van der Waals surface area contributed by atoms with Crippen LogP contribution in [0.1, 0.15) is 6.92 Å². The lowest BCUT2D eigenvalue weighted by Crippen LogP contribution is -2.35. The van der Waals surface area contributed by atoms with Crippen LogP contribution in [0.5, 0.6) is 5.75 Å². The Morgan fingerprint density at radius 1 is 1.57 bits per heavy atom. The lowest BCUT2D eigenvalue weighted by Gasteiger charge is -2.18. The van der Waals surface area contributed by atoms with Gasteiger partial charge in [-0.25, -0.2) is 4.79 Å². The van der Waals surface area contributed by atoms with Gasteiger partial charge in [-0.15, -0.1) is 0 Å². The van der Waals surface area contributed by atoms with Gasteiger partial charge in [0.1, 0.15) is 5.75 Å². The number of primary amides is 1. The molecule has 2 amide bonds. The Kier molecular flexibility index (Phi) is 3.34. The monoisotopic (exact) mass is 194 g/mol. The summed E-state index contributed by atoms with van der Waals surface area (Å²) in [6.45, 7) is 2.41. The number of ether oxygens (including phenoxy) is 1. The van der Waals surface area contributed by atoms with Crippen LogP contribution < -0.4 is 15.4 Å². The highest BCUT2D eigenvalue weighted by Gasteiger charge is 2.09. The van der Waals surface area contributed by atoms with E-state index in [9.17, 15) is 4.79 Å². The largest absolute Gasteiger partial charge is 0.497 e. The smallest absolute Gasteiger partial charge is 0.319 e. The molecule has 0 saturated heterocycles. The number of hydrogen-bond acceptors (Lipinski definition) is 2. The van der Waals surface area contributed by atoms with Crippen LogP contribution in [0.15, 0.2) is 24.3 Å². The molecule has 4 heteroatoms. The molecule has 0 heterocycles. The summed E-state index contributed by atoms with van der Waals surface area (Å²) in [7, 11) is 1.58. The number of methoxy groups -OCH3 is 1. The van der Waals surface area contributed by atoms with Gasteiger partial charge in [0.15, 0.2) is 0 Å². The zero-order valence-electron chi connectivity index (χ0n) is 8.36. The summed E-state index contributed by atoms with van der Waals surface area (Å²) < 4.78 is 5.05. The molecule has 0 bridgehead atoms. The van der Waals surface area contributed by atoms with Crippen molar-refractivity contribution in [3.05, 3.63) is 24.3 Å². The molecule has 2 N–H and O–H groups in total. The quantitative estimate of drug-likeness (QED) is 0.794. The summed E-state index contributed by atoms with van der Waals surface area (Å²) in [6, 6.07) is 6.77. The first-order valence-electron chi connectivity index (χ1n) is 4.40. The van der Waals surface area contributed by atoms with E-state index in [1.165, 1.54) is 4.90 Å². The molecule has 0 aliphatic rings. The first kappa shape index (κ1) is 10.4. The maximum absolute atomic E-state index is 11.0. The number of rotatable bonds is 3. The number of nitrogens with zero attached hydrogens (tertiary/aromatic N) is 1. The average Bonchev–Trinajstić information content (AvgIpc) is 2.19. The number of anilines is 1. The Morgan fingerprint density at radius 3 is 2.79 bits per heavy atom. The van der Waals surface area contributed by atoms with Gasteiger partial charge in [-0.05, 0) is 19.1 Å². The molecular weight excluding hydrogens is 180 g/mol. The predicted molar refractivity (Wildman–Crippen MR) is 55.6 cm³/mol. The van der Waals surface area contributed by atoms with Crippen LogP contribution in [0.2, 0.25) is 0 Å². The third kappa shape index (κ3) is 2.16. The average molecular weight is 194 g/mol. The van der Waals surface area contributed by atoms with Gasteiger partial charge in [0, 0.05) is 18.3 Å². The van der Waals surface area contributed by atoms with Crippen LogP contribution in [0.25, 0.3) is 0 Å². The molecule has 0 unspecified atom stereocenters. The number of urea groups is 1. The molecule has 0 spiro atoms. The van der Waals surface area contributed by atoms with Gasteiger partial charge < -0.3 is 10.5 Å². The lowest BCUT2D eigenvalue weighted by molar-refractivity contribution is 0.254. The van der Waals surface area contributed by atoms with Gasteiger partial charge in [-0.1, -0.05) is 6.07 Å². The minimum Gasteiger partial charge on any atom is -0.497 e. The fraction of sp³-hybridized carbons (Fsp3) is 0.300. The van der Waals surface area contributed by atoms with Gasteiger partial charge >= 0.3 is 6.03 Å². The molecule has 0 atom stereocenters. The molecule has 76 valence electrons. The highest BCUT2D eigenvalue weighted by molar-refractivity contribution is 5.90. The standard InChI is InChI=1S/C10H14N2O2/c1-3-12(10(11)13)8-5-4-6-9(7-8)14-2/h4-7H,3H2,1-2H3,(H2,11,13). The summed E-state index contributed by atoms with van der Waals surface area (Å²) >= 11 is 0. The number of hydrogen-bond donors (Lipinski definition) is 1. The van der Waals surface area contributed by atoms with Crippen LogP contribution in [0.3, 0.4) is 0 Å². The third-order valence-corrected chi connectivity index (χ3v) is 1.95. The highest BCUT2D eigenvalue weighted by atomic mass is 16.5. The first-order valence-corrected chi connectivity index (χ1v) is 4.40. The van der Waals surface area contributed by atoms with Crippen molar-refractivity contribution in [2.24, 2.45) is 5.73 Å². The number of carbonyl (C=O) groups excluding carboxylic acids is 1. The Hall–Kier alpha value is -1.71. The Morgan fingerprint density at radius 2 is 2.29 bits per heavy atom. The van der Waals surface area contributed by atoms with E-state index in [4.69, 9.17) is 10.5 Å². The summed E-state index contributed by atoms with van der Waals surface area (Å²) in [5.41, 5.74) is 5.97. The summed E-state index contributed by atoms with van der Waals surface area (Å²) in [5.74, 6) is 0.710. The third-order valence-electron chi connectivity index (χ3n) is 1.95. The molecule has 4 nitrogen and oxygen atoms in total. The number of nitrogens with two attached hydrogens (primary N) is 1. The highest BCUT2D eigenvalue weighted by Crippen LogP contribution is 2.20. The van der Waals surface area contributed by atoms with Gasteiger partial charge in [-0.3, -0.25) is 4.90 Å². The van der Waals surface area contributed by atoms with Crippen LogP contribution in [-0.2, 0) is 0 Å². The zero-order chi connectivity index (χ0) is 10.6. The van der Waals surface area contributed by atoms with Crippen molar-refractivity contribution >= 4 is 11.7 Å². The second-order valence-corrected chi connectivity index (χ2v) is 2.78. The number of carbonyl (C=O) groups is 1. The van der Waals surface area contributed by atoms with E-state index in [0.29, 0.717) is 12.3 Å². The fourth-order valence-corrected chi connectivity index (χ4v) is 1.24. The van der Waals surface area contributed by atoms with Crippen LogP contribution in [0.4, 0.5) is 10.5 Å². The lowest BCUT2D eigenvalue weighted by atomic mass is 10.3. The minimum absolute atomic E-state index is 0.458. The molecule has 0 saturated carbocycles. The van der Waals surface area contributed by atoms with E-state index in [1.54, 1.807) is 13.2 Å². The molecule has 0 aliphatic carbocycles. The van der Waals surface area contributed by atoms with Crippen molar-refractivity contribution in [1.82, 2.24) is 0 Å². The molecular formula is C10H14N2O2. The molecule has 1 aromatic carbocycles. The maximum Gasteiger partial charge on any atom is 0.319 e. The van der Waals surface area contributed by atoms with Gasteiger partial charge in [-0.2, -0.15) is 0 Å². The van der Waals surface area contributed by atoms with E-state index in [2.05, 4.69) is 0 Å². The summed E-state index contributed by atoms with van der Waals surface area (Å²) in [5, 5.41) is 0. The van der Waals surface area contributed by atoms with Gasteiger partial charge in [0.05, 0.1) is 7.11 Å². The van der Waals surface area contributed by atoms with Crippen molar-refractivity contribution in [1.29, 1.82) is 0 Å². The molecule has 0 radical (unpaired) electrons. The van der Waals surface area contributed by atoms with Crippen molar-refractivity contribution in [3.63, 3.8) is 0 Å². The minimum atomic E-state index is -0.458. The maximum atomic E-state index is 11.0. The predicted octanol–water partition coefficient (Wildman–Crippen LogP) is 1.60. The Bertz CT molecular complexity index is 326.